The molecule has 1 atom stereocenters. The van der Waals surface area contributed by atoms with Crippen LogP contribution in [0, 0.1) is 6.92 Å². The highest BCUT2D eigenvalue weighted by atomic mass is 32.2. The van der Waals surface area contributed by atoms with E-state index in [1.165, 1.54) is 0 Å². The first kappa shape index (κ1) is 17.2. The van der Waals surface area contributed by atoms with E-state index in [2.05, 4.69) is 21.7 Å². The van der Waals surface area contributed by atoms with E-state index in [9.17, 15) is 4.79 Å². The van der Waals surface area contributed by atoms with Crippen LogP contribution >= 0.6 is 11.8 Å². The molecule has 1 amide bonds. The van der Waals surface area contributed by atoms with Crippen LogP contribution in [0.15, 0.2) is 23.1 Å². The van der Waals surface area contributed by atoms with Crippen LogP contribution in [-0.2, 0) is 11.3 Å². The highest BCUT2D eigenvalue weighted by molar-refractivity contribution is 7.99. The number of aryl methyl sites for hydroxylation is 1. The number of hydrogen-bond acceptors (Lipinski definition) is 6. The standard InChI is InChI=1S/C18H22N4O3S/c1-12-10-21(11-17-20-19-13(2)22(12)17)18(23)5-8-26-14-3-4-15-16(9-14)25-7-6-24-15/h3-4,9,12H,5-8,10-11H2,1-2H3/t12-/m1/s1. The van der Waals surface area contributed by atoms with Gasteiger partial charge in [0.1, 0.15) is 19.0 Å². The number of fused-ring (bicyclic) bond motifs is 2. The predicted molar refractivity (Wildman–Crippen MR) is 97.7 cm³/mol. The Bertz CT molecular complexity index is 823. The highest BCUT2D eigenvalue weighted by Crippen LogP contribution is 2.34. The summed E-state index contributed by atoms with van der Waals surface area (Å²) >= 11 is 1.66. The Morgan fingerprint density at radius 3 is 2.92 bits per heavy atom. The summed E-state index contributed by atoms with van der Waals surface area (Å²) in [6.07, 6.45) is 0.499. The molecule has 2 aromatic rings. The maximum absolute atomic E-state index is 12.6. The van der Waals surface area contributed by atoms with Gasteiger partial charge in [0, 0.05) is 23.6 Å². The smallest absolute Gasteiger partial charge is 0.223 e. The average Bonchev–Trinajstić information content (AvgIpc) is 3.03. The van der Waals surface area contributed by atoms with Crippen molar-refractivity contribution >= 4 is 17.7 Å². The lowest BCUT2D eigenvalue weighted by Crippen LogP contribution is -2.40. The van der Waals surface area contributed by atoms with E-state index in [1.807, 2.05) is 30.0 Å². The molecule has 0 spiro atoms. The number of nitrogens with zero attached hydrogens (tertiary/aromatic N) is 4. The Hall–Kier alpha value is -2.22. The topological polar surface area (TPSA) is 69.5 Å². The van der Waals surface area contributed by atoms with Crippen LogP contribution in [-0.4, -0.2) is 51.1 Å². The van der Waals surface area contributed by atoms with Crippen molar-refractivity contribution in [3.05, 3.63) is 29.8 Å². The maximum Gasteiger partial charge on any atom is 0.223 e. The summed E-state index contributed by atoms with van der Waals surface area (Å²) in [4.78, 5) is 15.6. The Morgan fingerprint density at radius 1 is 1.27 bits per heavy atom. The van der Waals surface area contributed by atoms with Gasteiger partial charge in [-0.05, 0) is 32.0 Å². The first-order valence-corrected chi connectivity index (χ1v) is 9.81. The molecule has 2 aliphatic heterocycles. The Kier molecular flexibility index (Phi) is 4.76. The Labute approximate surface area is 156 Å². The third-order valence-electron chi connectivity index (χ3n) is 4.65. The van der Waals surface area contributed by atoms with Crippen molar-refractivity contribution < 1.29 is 14.3 Å². The number of aromatic nitrogens is 3. The molecule has 0 fully saturated rings. The highest BCUT2D eigenvalue weighted by Gasteiger charge is 2.27. The van der Waals surface area contributed by atoms with Gasteiger partial charge >= 0.3 is 0 Å². The number of carbonyl (C=O) groups is 1. The number of amides is 1. The van der Waals surface area contributed by atoms with E-state index in [0.717, 1.165) is 33.8 Å². The SMILES string of the molecule is Cc1nnc2n1[C@H](C)CN(C(=O)CCSc1ccc3c(c1)OCCO3)C2. The molecule has 1 aromatic carbocycles. The Morgan fingerprint density at radius 2 is 2.08 bits per heavy atom. The summed E-state index contributed by atoms with van der Waals surface area (Å²) in [7, 11) is 0. The van der Waals surface area contributed by atoms with Gasteiger partial charge in [0.05, 0.1) is 12.6 Å². The summed E-state index contributed by atoms with van der Waals surface area (Å²) in [5.41, 5.74) is 0. The van der Waals surface area contributed by atoms with Gasteiger partial charge in [-0.1, -0.05) is 0 Å². The van der Waals surface area contributed by atoms with Gasteiger partial charge in [-0.15, -0.1) is 22.0 Å². The first-order valence-electron chi connectivity index (χ1n) is 8.82. The fourth-order valence-electron chi connectivity index (χ4n) is 3.45. The molecular formula is C18H22N4O3S. The summed E-state index contributed by atoms with van der Waals surface area (Å²) in [5, 5.41) is 8.32. The number of carbonyl (C=O) groups excluding carboxylic acids is 1. The van der Waals surface area contributed by atoms with Crippen molar-refractivity contribution in [3.63, 3.8) is 0 Å². The Balaban J connectivity index is 1.32. The second-order valence-electron chi connectivity index (χ2n) is 6.56. The zero-order valence-corrected chi connectivity index (χ0v) is 15.8. The largest absolute Gasteiger partial charge is 0.486 e. The summed E-state index contributed by atoms with van der Waals surface area (Å²) in [5.74, 6) is 4.25. The number of rotatable bonds is 4. The van der Waals surface area contributed by atoms with Crippen LogP contribution < -0.4 is 9.47 Å². The number of benzene rings is 1. The van der Waals surface area contributed by atoms with Crippen molar-refractivity contribution in [2.75, 3.05) is 25.5 Å². The lowest BCUT2D eigenvalue weighted by molar-refractivity contribution is -0.132. The van der Waals surface area contributed by atoms with E-state index in [0.29, 0.717) is 32.7 Å². The van der Waals surface area contributed by atoms with Crippen LogP contribution in [0.3, 0.4) is 0 Å². The number of hydrogen-bond donors (Lipinski definition) is 0. The monoisotopic (exact) mass is 374 g/mol. The van der Waals surface area contributed by atoms with Gasteiger partial charge in [-0.25, -0.2) is 0 Å². The predicted octanol–water partition coefficient (Wildman–Crippen LogP) is 2.44. The van der Waals surface area contributed by atoms with Crippen LogP contribution in [0.2, 0.25) is 0 Å². The van der Waals surface area contributed by atoms with Gasteiger partial charge in [0.15, 0.2) is 17.3 Å². The molecule has 0 unspecified atom stereocenters. The van der Waals surface area contributed by atoms with Crippen LogP contribution in [0.5, 0.6) is 11.5 Å². The summed E-state index contributed by atoms with van der Waals surface area (Å²) in [6, 6.07) is 6.14. The van der Waals surface area contributed by atoms with Crippen molar-refractivity contribution in [1.82, 2.24) is 19.7 Å². The molecule has 0 saturated carbocycles. The van der Waals surface area contributed by atoms with Crippen molar-refractivity contribution in [1.29, 1.82) is 0 Å². The molecule has 26 heavy (non-hydrogen) atoms. The fraction of sp³-hybridized carbons (Fsp3) is 0.500. The number of ether oxygens (including phenoxy) is 2. The molecule has 4 rings (SSSR count). The first-order chi connectivity index (χ1) is 12.6. The molecule has 0 bridgehead atoms. The second kappa shape index (κ2) is 7.19. The quantitative estimate of drug-likeness (QED) is 0.766. The number of thioether (sulfide) groups is 1. The molecule has 3 heterocycles. The van der Waals surface area contributed by atoms with Gasteiger partial charge in [-0.3, -0.25) is 4.79 Å². The molecule has 0 aliphatic carbocycles. The fourth-order valence-corrected chi connectivity index (χ4v) is 4.32. The third-order valence-corrected chi connectivity index (χ3v) is 5.64. The van der Waals surface area contributed by atoms with E-state index < -0.39 is 0 Å². The van der Waals surface area contributed by atoms with Crippen LogP contribution in [0.1, 0.15) is 31.0 Å². The van der Waals surface area contributed by atoms with E-state index in [1.54, 1.807) is 11.8 Å². The third kappa shape index (κ3) is 3.38. The summed E-state index contributed by atoms with van der Waals surface area (Å²) in [6.45, 7) is 6.47. The molecule has 0 saturated heterocycles. The molecule has 138 valence electrons. The average molecular weight is 374 g/mol. The molecule has 0 radical (unpaired) electrons. The molecule has 7 nitrogen and oxygen atoms in total. The van der Waals surface area contributed by atoms with Crippen molar-refractivity contribution in [3.8, 4) is 11.5 Å². The second-order valence-corrected chi connectivity index (χ2v) is 7.73. The van der Waals surface area contributed by atoms with Gasteiger partial charge in [0.2, 0.25) is 5.91 Å². The van der Waals surface area contributed by atoms with Crippen LogP contribution in [0.4, 0.5) is 0 Å². The van der Waals surface area contributed by atoms with E-state index in [4.69, 9.17) is 9.47 Å². The maximum atomic E-state index is 12.6. The molecule has 2 aliphatic rings. The molecular weight excluding hydrogens is 352 g/mol. The molecule has 8 heteroatoms. The van der Waals surface area contributed by atoms with Gasteiger partial charge in [0.25, 0.3) is 0 Å². The molecule has 1 aromatic heterocycles. The lowest BCUT2D eigenvalue weighted by Gasteiger charge is -2.32. The lowest BCUT2D eigenvalue weighted by atomic mass is 10.2. The molecule has 0 N–H and O–H groups in total. The normalized spacial score (nSPS) is 18.5. The van der Waals surface area contributed by atoms with Crippen molar-refractivity contribution in [2.24, 2.45) is 0 Å². The van der Waals surface area contributed by atoms with Crippen LogP contribution in [0.25, 0.3) is 0 Å². The van der Waals surface area contributed by atoms with Crippen molar-refractivity contribution in [2.45, 2.75) is 37.8 Å². The van der Waals surface area contributed by atoms with Gasteiger partial charge in [-0.2, -0.15) is 0 Å². The minimum atomic E-state index is 0.161. The van der Waals surface area contributed by atoms with Gasteiger partial charge < -0.3 is 18.9 Å². The van der Waals surface area contributed by atoms with E-state index in [-0.39, 0.29) is 11.9 Å². The minimum absolute atomic E-state index is 0.161. The van der Waals surface area contributed by atoms with E-state index >= 15 is 0 Å². The minimum Gasteiger partial charge on any atom is -0.486 e. The zero-order chi connectivity index (χ0) is 18.1. The zero-order valence-electron chi connectivity index (χ0n) is 15.0. The summed E-state index contributed by atoms with van der Waals surface area (Å²) < 4.78 is 13.3.